The molecule has 0 amide bonds. The second-order valence-electron chi connectivity index (χ2n) is 4.41. The van der Waals surface area contributed by atoms with E-state index in [-0.39, 0.29) is 0 Å². The lowest BCUT2D eigenvalue weighted by molar-refractivity contribution is 1.06. The molecule has 106 valence electrons. The van der Waals surface area contributed by atoms with Gasteiger partial charge in [0.2, 0.25) is 0 Å². The van der Waals surface area contributed by atoms with Crippen LogP contribution in [0.25, 0.3) is 10.9 Å². The molecular weight excluding hydrogens is 282 g/mol. The monoisotopic (exact) mass is 297 g/mol. The van der Waals surface area contributed by atoms with E-state index in [1.807, 2.05) is 31.2 Å². The van der Waals surface area contributed by atoms with Gasteiger partial charge in [-0.3, -0.25) is 4.98 Å². The standard InChI is InChI=1S/C15H15N5S/c1-2-16-14-8-17-11(7-18-14)9-21-15-12-5-3-4-6-13(12)19-10-20-15/h3-8,10H,2,9H2,1H3,(H,16,18). The van der Waals surface area contributed by atoms with Crippen LogP contribution >= 0.6 is 11.8 Å². The molecule has 3 aromatic rings. The Morgan fingerprint density at radius 1 is 1.05 bits per heavy atom. The second-order valence-corrected chi connectivity index (χ2v) is 5.37. The molecule has 1 aromatic carbocycles. The third-order valence-electron chi connectivity index (χ3n) is 2.93. The molecule has 2 aromatic heterocycles. The van der Waals surface area contributed by atoms with Crippen molar-refractivity contribution in [3.63, 3.8) is 0 Å². The number of thioether (sulfide) groups is 1. The topological polar surface area (TPSA) is 63.6 Å². The molecule has 0 unspecified atom stereocenters. The number of anilines is 1. The minimum absolute atomic E-state index is 0.737. The van der Waals surface area contributed by atoms with Crippen molar-refractivity contribution in [3.8, 4) is 0 Å². The van der Waals surface area contributed by atoms with Crippen LogP contribution in [0, 0.1) is 0 Å². The quantitative estimate of drug-likeness (QED) is 0.576. The van der Waals surface area contributed by atoms with Crippen molar-refractivity contribution in [1.82, 2.24) is 19.9 Å². The zero-order valence-electron chi connectivity index (χ0n) is 11.7. The van der Waals surface area contributed by atoms with E-state index in [1.54, 1.807) is 30.5 Å². The van der Waals surface area contributed by atoms with Gasteiger partial charge in [0, 0.05) is 17.7 Å². The highest BCUT2D eigenvalue weighted by atomic mass is 32.2. The molecule has 6 heteroatoms. The molecule has 0 bridgehead atoms. The van der Waals surface area contributed by atoms with Crippen molar-refractivity contribution < 1.29 is 0 Å². The maximum Gasteiger partial charge on any atom is 0.144 e. The van der Waals surface area contributed by atoms with Gasteiger partial charge in [0.25, 0.3) is 0 Å². The van der Waals surface area contributed by atoms with Crippen LogP contribution in [0.4, 0.5) is 5.82 Å². The zero-order chi connectivity index (χ0) is 14.5. The Morgan fingerprint density at radius 3 is 2.76 bits per heavy atom. The van der Waals surface area contributed by atoms with Crippen molar-refractivity contribution in [2.75, 3.05) is 11.9 Å². The van der Waals surface area contributed by atoms with Crippen LogP contribution in [0.5, 0.6) is 0 Å². The number of hydrogen-bond donors (Lipinski definition) is 1. The largest absolute Gasteiger partial charge is 0.369 e. The predicted octanol–water partition coefficient (Wildman–Crippen LogP) is 3.14. The number of rotatable bonds is 5. The molecule has 0 spiro atoms. The summed E-state index contributed by atoms with van der Waals surface area (Å²) in [5.41, 5.74) is 1.90. The maximum absolute atomic E-state index is 4.40. The maximum atomic E-state index is 4.40. The van der Waals surface area contributed by atoms with E-state index in [1.165, 1.54) is 0 Å². The summed E-state index contributed by atoms with van der Waals surface area (Å²) in [7, 11) is 0. The first-order chi connectivity index (χ1) is 10.4. The molecule has 21 heavy (non-hydrogen) atoms. The van der Waals surface area contributed by atoms with Crippen LogP contribution in [0.15, 0.2) is 48.0 Å². The average Bonchev–Trinajstić information content (AvgIpc) is 2.54. The fraction of sp³-hybridized carbons (Fsp3) is 0.200. The number of para-hydroxylation sites is 1. The molecule has 5 nitrogen and oxygen atoms in total. The fourth-order valence-electron chi connectivity index (χ4n) is 1.94. The Balaban J connectivity index is 1.74. The van der Waals surface area contributed by atoms with Crippen molar-refractivity contribution >= 4 is 28.5 Å². The van der Waals surface area contributed by atoms with Gasteiger partial charge in [0.1, 0.15) is 17.2 Å². The van der Waals surface area contributed by atoms with Crippen molar-refractivity contribution in [2.24, 2.45) is 0 Å². The van der Waals surface area contributed by atoms with Crippen LogP contribution < -0.4 is 5.32 Å². The minimum atomic E-state index is 0.737. The van der Waals surface area contributed by atoms with E-state index in [2.05, 4.69) is 25.3 Å². The molecule has 0 aliphatic heterocycles. The van der Waals surface area contributed by atoms with Gasteiger partial charge in [0.15, 0.2) is 0 Å². The van der Waals surface area contributed by atoms with Gasteiger partial charge in [-0.2, -0.15) is 0 Å². The zero-order valence-corrected chi connectivity index (χ0v) is 12.5. The number of hydrogen-bond acceptors (Lipinski definition) is 6. The third-order valence-corrected chi connectivity index (χ3v) is 3.97. The van der Waals surface area contributed by atoms with Gasteiger partial charge in [-0.05, 0) is 13.0 Å². The number of fused-ring (bicyclic) bond motifs is 1. The van der Waals surface area contributed by atoms with E-state index in [0.29, 0.717) is 0 Å². The van der Waals surface area contributed by atoms with Crippen LogP contribution in [0.3, 0.4) is 0 Å². The number of nitrogens with zero attached hydrogens (tertiary/aromatic N) is 4. The van der Waals surface area contributed by atoms with Crippen molar-refractivity contribution in [1.29, 1.82) is 0 Å². The normalized spacial score (nSPS) is 10.7. The number of nitrogens with one attached hydrogen (secondary N) is 1. The van der Waals surface area contributed by atoms with Crippen LogP contribution in [-0.4, -0.2) is 26.5 Å². The van der Waals surface area contributed by atoms with Crippen LogP contribution in [-0.2, 0) is 5.75 Å². The van der Waals surface area contributed by atoms with E-state index >= 15 is 0 Å². The molecule has 0 aliphatic rings. The van der Waals surface area contributed by atoms with Crippen molar-refractivity contribution in [2.45, 2.75) is 17.7 Å². The van der Waals surface area contributed by atoms with Gasteiger partial charge in [-0.25, -0.2) is 15.0 Å². The molecule has 0 saturated carbocycles. The first kappa shape index (κ1) is 13.8. The lowest BCUT2D eigenvalue weighted by atomic mass is 10.2. The molecule has 0 radical (unpaired) electrons. The smallest absolute Gasteiger partial charge is 0.144 e. The molecule has 0 fully saturated rings. The highest BCUT2D eigenvalue weighted by Gasteiger charge is 2.05. The van der Waals surface area contributed by atoms with E-state index < -0.39 is 0 Å². The summed E-state index contributed by atoms with van der Waals surface area (Å²) in [6, 6.07) is 8.01. The Labute approximate surface area is 127 Å². The average molecular weight is 297 g/mol. The predicted molar refractivity (Wildman–Crippen MR) is 85.3 cm³/mol. The van der Waals surface area contributed by atoms with E-state index in [4.69, 9.17) is 0 Å². The SMILES string of the molecule is CCNc1cnc(CSc2ncnc3ccccc23)cn1. The second kappa shape index (κ2) is 6.49. The summed E-state index contributed by atoms with van der Waals surface area (Å²) in [5.74, 6) is 1.54. The van der Waals surface area contributed by atoms with Gasteiger partial charge in [-0.15, -0.1) is 0 Å². The Hall–Kier alpha value is -2.21. The van der Waals surface area contributed by atoms with Gasteiger partial charge < -0.3 is 5.32 Å². The third kappa shape index (κ3) is 3.28. The van der Waals surface area contributed by atoms with Gasteiger partial charge >= 0.3 is 0 Å². The highest BCUT2D eigenvalue weighted by molar-refractivity contribution is 7.98. The lowest BCUT2D eigenvalue weighted by Crippen LogP contribution is -2.00. The van der Waals surface area contributed by atoms with Gasteiger partial charge in [-0.1, -0.05) is 30.0 Å². The molecule has 1 N–H and O–H groups in total. The summed E-state index contributed by atoms with van der Waals surface area (Å²) in [6.07, 6.45) is 5.16. The summed E-state index contributed by atoms with van der Waals surface area (Å²) < 4.78 is 0. The fourth-order valence-corrected chi connectivity index (χ4v) is 2.82. The first-order valence-corrected chi connectivity index (χ1v) is 7.72. The van der Waals surface area contributed by atoms with Crippen molar-refractivity contribution in [3.05, 3.63) is 48.7 Å². The molecule has 0 atom stereocenters. The number of aromatic nitrogens is 4. The molecule has 2 heterocycles. The molecule has 3 rings (SSSR count). The molecule has 0 saturated heterocycles. The Morgan fingerprint density at radius 2 is 1.95 bits per heavy atom. The minimum Gasteiger partial charge on any atom is -0.369 e. The Kier molecular flexibility index (Phi) is 4.25. The summed E-state index contributed by atoms with van der Waals surface area (Å²) >= 11 is 1.65. The highest BCUT2D eigenvalue weighted by Crippen LogP contribution is 2.26. The molecular formula is C15H15N5S. The Bertz CT molecular complexity index is 724. The summed E-state index contributed by atoms with van der Waals surface area (Å²) in [5, 5.41) is 5.17. The van der Waals surface area contributed by atoms with E-state index in [9.17, 15) is 0 Å². The van der Waals surface area contributed by atoms with Gasteiger partial charge in [0.05, 0.1) is 23.6 Å². The molecule has 0 aliphatic carbocycles. The summed E-state index contributed by atoms with van der Waals surface area (Å²) in [4.78, 5) is 17.4. The summed E-state index contributed by atoms with van der Waals surface area (Å²) in [6.45, 7) is 2.88. The van der Waals surface area contributed by atoms with Crippen LogP contribution in [0.2, 0.25) is 0 Å². The number of benzene rings is 1. The van der Waals surface area contributed by atoms with E-state index in [0.717, 1.165) is 39.7 Å². The first-order valence-electron chi connectivity index (χ1n) is 6.74. The lowest BCUT2D eigenvalue weighted by Gasteiger charge is -2.05. The van der Waals surface area contributed by atoms with Crippen LogP contribution in [0.1, 0.15) is 12.6 Å².